The van der Waals surface area contributed by atoms with Crippen molar-refractivity contribution in [2.45, 2.75) is 27.4 Å². The van der Waals surface area contributed by atoms with E-state index in [0.29, 0.717) is 0 Å². The minimum absolute atomic E-state index is 0.402. The van der Waals surface area contributed by atoms with E-state index >= 15 is 0 Å². The van der Waals surface area contributed by atoms with Gasteiger partial charge < -0.3 is 9.58 Å². The second-order valence-electron chi connectivity index (χ2n) is 4.86. The van der Waals surface area contributed by atoms with Crippen molar-refractivity contribution in [2.24, 2.45) is 0 Å². The summed E-state index contributed by atoms with van der Waals surface area (Å²) in [6, 6.07) is 13.6. The third-order valence-electron chi connectivity index (χ3n) is 3.65. The van der Waals surface area contributed by atoms with E-state index < -0.39 is 18.1 Å². The quantitative estimate of drug-likeness (QED) is 0.537. The smallest absolute Gasteiger partial charge is 0.324 e. The molecule has 1 N–H and O–H groups in total. The van der Waals surface area contributed by atoms with Gasteiger partial charge in [0.05, 0.1) is 0 Å². The topological polar surface area (TPSA) is 43.3 Å². The monoisotopic (exact) mass is 302 g/mol. The Bertz CT molecular complexity index is 616. The zero-order valence-corrected chi connectivity index (χ0v) is 12.8. The highest BCUT2D eigenvalue weighted by molar-refractivity contribution is 7.98. The minimum Gasteiger partial charge on any atom is -0.606 e. The first-order valence-electron chi connectivity index (χ1n) is 6.56. The maximum atomic E-state index is 12.6. The van der Waals surface area contributed by atoms with Gasteiger partial charge in [0, 0.05) is 16.1 Å². The molecule has 0 fully saturated rings. The Morgan fingerprint density at radius 3 is 2.55 bits per heavy atom. The molecule has 0 saturated carbocycles. The molecule has 20 heavy (non-hydrogen) atoms. The highest BCUT2D eigenvalue weighted by Crippen LogP contribution is 2.25. The van der Waals surface area contributed by atoms with Gasteiger partial charge in [0.25, 0.3) is 0 Å². The molecule has 1 atom stereocenters. The van der Waals surface area contributed by atoms with Gasteiger partial charge in [0.2, 0.25) is 0 Å². The van der Waals surface area contributed by atoms with Gasteiger partial charge in [0.1, 0.15) is 0 Å². The van der Waals surface area contributed by atoms with Gasteiger partial charge in [-0.15, -0.1) is 11.8 Å². The first-order valence-corrected chi connectivity index (χ1v) is 8.93. The third-order valence-corrected chi connectivity index (χ3v) is 5.78. The molecule has 0 spiro atoms. The van der Waals surface area contributed by atoms with Crippen LogP contribution in [0.25, 0.3) is 0 Å². The van der Waals surface area contributed by atoms with Crippen LogP contribution in [-0.4, -0.2) is 22.7 Å². The predicted molar refractivity (Wildman–Crippen MR) is 85.5 cm³/mol. The van der Waals surface area contributed by atoms with Crippen molar-refractivity contribution >= 4 is 35.3 Å². The van der Waals surface area contributed by atoms with Crippen LogP contribution in [0, 0.1) is 0 Å². The summed E-state index contributed by atoms with van der Waals surface area (Å²) in [5.41, 5.74) is 2.12. The second-order valence-corrected chi connectivity index (χ2v) is 7.22. The van der Waals surface area contributed by atoms with E-state index in [1.54, 1.807) is 11.8 Å². The van der Waals surface area contributed by atoms with E-state index in [-0.39, 0.29) is 0 Å². The molecule has 102 valence electrons. The molecule has 2 aromatic carbocycles. The lowest BCUT2D eigenvalue weighted by molar-refractivity contribution is 0.587. The van der Waals surface area contributed by atoms with Gasteiger partial charge in [-0.2, -0.15) is 0 Å². The van der Waals surface area contributed by atoms with Crippen molar-refractivity contribution in [3.05, 3.63) is 48.0 Å². The van der Waals surface area contributed by atoms with Crippen LogP contribution in [0.3, 0.4) is 0 Å². The minimum atomic E-state index is -1.18. The molecular formula is C15H15BO2S2. The largest absolute Gasteiger partial charge is 0.606 e. The zero-order chi connectivity index (χ0) is 14.1. The van der Waals surface area contributed by atoms with Crippen LogP contribution in [0.2, 0.25) is 6.32 Å². The summed E-state index contributed by atoms with van der Waals surface area (Å²) in [6.07, 6.45) is 3.70. The zero-order valence-electron chi connectivity index (χ0n) is 11.2. The first kappa shape index (κ1) is 14.1. The lowest BCUT2D eigenvalue weighted by Crippen LogP contribution is -2.26. The molecule has 2 nitrogen and oxygen atoms in total. The fraction of sp³-hybridized carbons (Fsp3) is 0.200. The average Bonchev–Trinajstić information content (AvgIpc) is 2.87. The van der Waals surface area contributed by atoms with Crippen LogP contribution in [0.15, 0.2) is 57.2 Å². The summed E-state index contributed by atoms with van der Waals surface area (Å²) in [4.78, 5) is 2.73. The van der Waals surface area contributed by atoms with E-state index in [4.69, 9.17) is 0 Å². The molecule has 0 bridgehead atoms. The van der Waals surface area contributed by atoms with Gasteiger partial charge >= 0.3 is 6.92 Å². The highest BCUT2D eigenvalue weighted by atomic mass is 32.2. The SMILES string of the molecule is CSc1ccc([S+]([O-])c2ccc3c(c2)B(O)CC3)cc1. The van der Waals surface area contributed by atoms with Crippen molar-refractivity contribution in [1.29, 1.82) is 0 Å². The van der Waals surface area contributed by atoms with Gasteiger partial charge in [-0.3, -0.25) is 0 Å². The Morgan fingerprint density at radius 2 is 1.85 bits per heavy atom. The number of fused-ring (bicyclic) bond motifs is 1. The fourth-order valence-electron chi connectivity index (χ4n) is 2.51. The van der Waals surface area contributed by atoms with Crippen LogP contribution in [0.4, 0.5) is 0 Å². The second kappa shape index (κ2) is 5.86. The molecule has 5 heteroatoms. The molecule has 0 amide bonds. The number of hydrogen-bond donors (Lipinski definition) is 1. The maximum absolute atomic E-state index is 12.6. The van der Waals surface area contributed by atoms with Crippen molar-refractivity contribution in [3.63, 3.8) is 0 Å². The normalized spacial score (nSPS) is 15.2. The molecular weight excluding hydrogens is 287 g/mol. The van der Waals surface area contributed by atoms with E-state index in [2.05, 4.69) is 0 Å². The predicted octanol–water partition coefficient (Wildman–Crippen LogP) is 2.32. The summed E-state index contributed by atoms with van der Waals surface area (Å²) >= 11 is 0.485. The molecule has 3 rings (SSSR count). The molecule has 2 aromatic rings. The fourth-order valence-corrected chi connectivity index (χ4v) is 4.00. The Kier molecular flexibility index (Phi) is 4.12. The summed E-state index contributed by atoms with van der Waals surface area (Å²) in [7, 11) is 0. The number of thioether (sulfide) groups is 1. The highest BCUT2D eigenvalue weighted by Gasteiger charge is 2.27. The summed E-state index contributed by atoms with van der Waals surface area (Å²) in [5, 5.41) is 9.92. The number of aryl methyl sites for hydroxylation is 1. The van der Waals surface area contributed by atoms with Crippen molar-refractivity contribution in [3.8, 4) is 0 Å². The number of hydrogen-bond acceptors (Lipinski definition) is 3. The Morgan fingerprint density at radius 1 is 1.15 bits per heavy atom. The van der Waals surface area contributed by atoms with E-state index in [0.717, 1.165) is 32.9 Å². The van der Waals surface area contributed by atoms with Crippen LogP contribution in [0.1, 0.15) is 5.56 Å². The van der Waals surface area contributed by atoms with Crippen LogP contribution >= 0.6 is 11.8 Å². The Balaban J connectivity index is 1.90. The summed E-state index contributed by atoms with van der Waals surface area (Å²) in [6.45, 7) is -0.402. The van der Waals surface area contributed by atoms with E-state index in [1.165, 1.54) is 5.56 Å². The molecule has 0 radical (unpaired) electrons. The summed E-state index contributed by atoms with van der Waals surface area (Å²) in [5.74, 6) is 0. The maximum Gasteiger partial charge on any atom is 0.324 e. The lowest BCUT2D eigenvalue weighted by Gasteiger charge is -2.12. The molecule has 0 saturated heterocycles. The van der Waals surface area contributed by atoms with Crippen molar-refractivity contribution in [2.75, 3.05) is 6.26 Å². The lowest BCUT2D eigenvalue weighted by atomic mass is 9.63. The van der Waals surface area contributed by atoms with Crippen LogP contribution < -0.4 is 5.46 Å². The summed E-state index contributed by atoms with van der Waals surface area (Å²) < 4.78 is 12.6. The molecule has 1 aliphatic rings. The third kappa shape index (κ3) is 2.63. The van der Waals surface area contributed by atoms with Crippen LogP contribution in [0.5, 0.6) is 0 Å². The van der Waals surface area contributed by atoms with E-state index in [9.17, 15) is 9.58 Å². The molecule has 1 heterocycles. The molecule has 0 aliphatic carbocycles. The van der Waals surface area contributed by atoms with Crippen molar-refractivity contribution in [1.82, 2.24) is 0 Å². The molecule has 1 unspecified atom stereocenters. The van der Waals surface area contributed by atoms with Gasteiger partial charge in [0.15, 0.2) is 9.79 Å². The van der Waals surface area contributed by atoms with Crippen molar-refractivity contribution < 1.29 is 9.58 Å². The molecule has 0 aromatic heterocycles. The number of benzene rings is 2. The van der Waals surface area contributed by atoms with Gasteiger partial charge in [-0.25, -0.2) is 0 Å². The van der Waals surface area contributed by atoms with E-state index in [1.807, 2.05) is 48.7 Å². The number of rotatable bonds is 3. The standard InChI is InChI=1S/C15H15BO2S2/c1-19-12-3-6-13(7-4-12)20(18)14-5-2-11-8-9-16(17)15(11)10-14/h2-7,10,17H,8-9H2,1H3. The average molecular weight is 302 g/mol. The first-order chi connectivity index (χ1) is 9.69. The van der Waals surface area contributed by atoms with Gasteiger partial charge in [-0.1, -0.05) is 11.6 Å². The van der Waals surface area contributed by atoms with Crippen LogP contribution in [-0.2, 0) is 17.6 Å². The Labute approximate surface area is 126 Å². The Hall–Kier alpha value is -0.875. The molecule has 1 aliphatic heterocycles. The van der Waals surface area contributed by atoms with Gasteiger partial charge in [-0.05, 0) is 60.9 Å².